The first kappa shape index (κ1) is 18.3. The summed E-state index contributed by atoms with van der Waals surface area (Å²) in [6.07, 6.45) is 4.00. The Hall–Kier alpha value is -1.03. The van der Waals surface area contributed by atoms with Gasteiger partial charge in [-0.05, 0) is 68.6 Å². The Labute approximate surface area is 149 Å². The minimum atomic E-state index is 0. The van der Waals surface area contributed by atoms with Crippen molar-refractivity contribution < 1.29 is 0 Å². The Bertz CT molecular complexity index is 672. The van der Waals surface area contributed by atoms with E-state index in [2.05, 4.69) is 36.3 Å². The largest absolute Gasteiger partial charge is 0.316 e. The van der Waals surface area contributed by atoms with Crippen LogP contribution in [0.15, 0.2) is 35.4 Å². The highest BCUT2D eigenvalue weighted by Gasteiger charge is 2.19. The zero-order valence-electron chi connectivity index (χ0n) is 13.0. The lowest BCUT2D eigenvalue weighted by molar-refractivity contribution is 0.709. The fourth-order valence-electron chi connectivity index (χ4n) is 2.99. The smallest absolute Gasteiger partial charge is 0.0563 e. The maximum absolute atomic E-state index is 6.52. The number of fused-ring (bicyclic) bond motifs is 1. The van der Waals surface area contributed by atoms with Crippen molar-refractivity contribution in [3.63, 3.8) is 0 Å². The molecule has 2 heterocycles. The van der Waals surface area contributed by atoms with E-state index in [0.717, 1.165) is 36.6 Å². The van der Waals surface area contributed by atoms with Gasteiger partial charge >= 0.3 is 0 Å². The minimum Gasteiger partial charge on any atom is -0.316 e. The number of halogens is 1. The molecule has 3 rings (SSSR count). The topological polar surface area (TPSA) is 24.9 Å². The third-order valence-electron chi connectivity index (χ3n) is 4.16. The van der Waals surface area contributed by atoms with E-state index in [-0.39, 0.29) is 7.43 Å². The second kappa shape index (κ2) is 8.18. The number of benzene rings is 1. The highest BCUT2D eigenvalue weighted by atomic mass is 35.5. The lowest BCUT2D eigenvalue weighted by Crippen LogP contribution is -2.16. The van der Waals surface area contributed by atoms with Gasteiger partial charge in [0.2, 0.25) is 0 Å². The predicted molar refractivity (Wildman–Crippen MR) is 102 cm³/mol. The van der Waals surface area contributed by atoms with E-state index in [1.165, 1.54) is 21.6 Å². The Kier molecular flexibility index (Phi) is 6.51. The van der Waals surface area contributed by atoms with Crippen LogP contribution in [0.1, 0.15) is 42.0 Å². The van der Waals surface area contributed by atoms with Gasteiger partial charge < -0.3 is 5.32 Å². The Morgan fingerprint density at radius 1 is 1.22 bits per heavy atom. The molecule has 0 saturated carbocycles. The van der Waals surface area contributed by atoms with E-state index in [9.17, 15) is 0 Å². The number of nitrogens with zero attached hydrogens (tertiary/aromatic N) is 1. The number of aromatic nitrogens is 1. The molecular weight excluding hydrogens is 324 g/mol. The van der Waals surface area contributed by atoms with Crippen LogP contribution >= 0.6 is 23.4 Å². The summed E-state index contributed by atoms with van der Waals surface area (Å²) < 4.78 is 0. The third-order valence-corrected chi connectivity index (χ3v) is 5.87. The van der Waals surface area contributed by atoms with Crippen molar-refractivity contribution >= 4 is 23.4 Å². The number of hydrogen-bond acceptors (Lipinski definition) is 3. The average Bonchev–Trinajstić information content (AvgIpc) is 2.76. The summed E-state index contributed by atoms with van der Waals surface area (Å²) in [7, 11) is 0. The van der Waals surface area contributed by atoms with Crippen molar-refractivity contribution in [2.75, 3.05) is 13.1 Å². The number of aryl methyl sites for hydroxylation is 1. The minimum absolute atomic E-state index is 0. The van der Waals surface area contributed by atoms with Crippen molar-refractivity contribution in [1.82, 2.24) is 10.3 Å². The summed E-state index contributed by atoms with van der Waals surface area (Å²) in [5, 5.41) is 4.63. The normalized spacial score (nSPS) is 15.3. The summed E-state index contributed by atoms with van der Waals surface area (Å²) in [5.74, 6) is 0. The van der Waals surface area contributed by atoms with Crippen LogP contribution in [0.2, 0.25) is 5.02 Å². The second-order valence-corrected chi connectivity index (χ2v) is 7.49. The van der Waals surface area contributed by atoms with Gasteiger partial charge in [-0.1, -0.05) is 31.2 Å². The van der Waals surface area contributed by atoms with Crippen molar-refractivity contribution in [2.24, 2.45) is 0 Å². The monoisotopic (exact) mass is 348 g/mol. The second-order valence-electron chi connectivity index (χ2n) is 5.73. The first-order chi connectivity index (χ1) is 10.7. The van der Waals surface area contributed by atoms with Crippen LogP contribution in [0.25, 0.3) is 0 Å². The Balaban J connectivity index is 0.00000192. The molecule has 0 radical (unpaired) electrons. The maximum Gasteiger partial charge on any atom is 0.0563 e. The zero-order valence-corrected chi connectivity index (χ0v) is 14.6. The average molecular weight is 349 g/mol. The van der Waals surface area contributed by atoms with E-state index < -0.39 is 0 Å². The molecule has 1 unspecified atom stereocenters. The van der Waals surface area contributed by atoms with Crippen molar-refractivity contribution in [1.29, 1.82) is 0 Å². The molecule has 1 atom stereocenters. The van der Waals surface area contributed by atoms with E-state index >= 15 is 0 Å². The number of nitrogens with one attached hydrogen (secondary N) is 1. The molecule has 1 N–H and O–H groups in total. The molecule has 2 aromatic rings. The van der Waals surface area contributed by atoms with Crippen LogP contribution in [0.4, 0.5) is 0 Å². The number of rotatable bonds is 3. The van der Waals surface area contributed by atoms with Gasteiger partial charge in [0, 0.05) is 16.3 Å². The van der Waals surface area contributed by atoms with Crippen molar-refractivity contribution in [2.45, 2.75) is 44.3 Å². The third kappa shape index (κ3) is 4.09. The van der Waals surface area contributed by atoms with E-state index in [4.69, 9.17) is 11.6 Å². The highest BCUT2D eigenvalue weighted by Crippen LogP contribution is 2.42. The zero-order chi connectivity index (χ0) is 15.5. The predicted octanol–water partition coefficient (Wildman–Crippen LogP) is 5.22. The molecule has 1 aromatic heterocycles. The summed E-state index contributed by atoms with van der Waals surface area (Å²) in [5.41, 5.74) is 5.24. The van der Waals surface area contributed by atoms with Gasteiger partial charge in [0.15, 0.2) is 0 Å². The molecule has 2 nitrogen and oxygen atoms in total. The molecule has 4 heteroatoms. The van der Waals surface area contributed by atoms with E-state index in [0.29, 0.717) is 5.25 Å². The van der Waals surface area contributed by atoms with Gasteiger partial charge in [-0.3, -0.25) is 4.98 Å². The Morgan fingerprint density at radius 2 is 2.00 bits per heavy atom. The molecule has 0 fully saturated rings. The summed E-state index contributed by atoms with van der Waals surface area (Å²) in [4.78, 5) is 5.79. The van der Waals surface area contributed by atoms with Crippen LogP contribution in [-0.4, -0.2) is 18.1 Å². The van der Waals surface area contributed by atoms with Gasteiger partial charge in [-0.15, -0.1) is 11.8 Å². The Morgan fingerprint density at radius 3 is 2.78 bits per heavy atom. The van der Waals surface area contributed by atoms with Crippen LogP contribution in [0.3, 0.4) is 0 Å². The van der Waals surface area contributed by atoms with Gasteiger partial charge in [-0.2, -0.15) is 0 Å². The van der Waals surface area contributed by atoms with E-state index in [1.807, 2.05) is 30.1 Å². The lowest BCUT2D eigenvalue weighted by atomic mass is 10.0. The lowest BCUT2D eigenvalue weighted by Gasteiger charge is -2.18. The van der Waals surface area contributed by atoms with Crippen LogP contribution in [0.5, 0.6) is 0 Å². The summed E-state index contributed by atoms with van der Waals surface area (Å²) >= 11 is 8.36. The van der Waals surface area contributed by atoms with Crippen LogP contribution in [-0.2, 0) is 12.8 Å². The molecule has 124 valence electrons. The molecular formula is C19H25ClN2S. The molecule has 0 spiro atoms. The molecule has 1 aromatic carbocycles. The quantitative estimate of drug-likeness (QED) is 0.769. The summed E-state index contributed by atoms with van der Waals surface area (Å²) in [6, 6.07) is 8.34. The van der Waals surface area contributed by atoms with Crippen LogP contribution in [0, 0.1) is 6.92 Å². The standard InChI is InChI=1S/C18H21ClN2S.CH4/c1-12-4-3-9-21-17(12)13(2)22-18-15-8-11-20-10-7-14(15)5-6-16(18)19;/h3-6,9,13,20H,7-8,10-11H2,1-2H3;1H4. The van der Waals surface area contributed by atoms with E-state index in [1.54, 1.807) is 0 Å². The van der Waals surface area contributed by atoms with Gasteiger partial charge in [-0.25, -0.2) is 0 Å². The van der Waals surface area contributed by atoms with Gasteiger partial charge in [0.1, 0.15) is 0 Å². The van der Waals surface area contributed by atoms with Crippen molar-refractivity contribution in [3.05, 3.63) is 57.9 Å². The molecule has 0 aliphatic carbocycles. The molecule has 0 bridgehead atoms. The van der Waals surface area contributed by atoms with Crippen LogP contribution < -0.4 is 5.32 Å². The molecule has 23 heavy (non-hydrogen) atoms. The molecule has 0 saturated heterocycles. The molecule has 1 aliphatic heterocycles. The first-order valence-electron chi connectivity index (χ1n) is 7.76. The molecule has 0 amide bonds. The van der Waals surface area contributed by atoms with Crippen molar-refractivity contribution in [3.8, 4) is 0 Å². The number of hydrogen-bond donors (Lipinski definition) is 1. The fraction of sp³-hybridized carbons (Fsp3) is 0.421. The van der Waals surface area contributed by atoms with Gasteiger partial charge in [0.25, 0.3) is 0 Å². The summed E-state index contributed by atoms with van der Waals surface area (Å²) in [6.45, 7) is 6.41. The molecule has 1 aliphatic rings. The maximum atomic E-state index is 6.52. The number of thioether (sulfide) groups is 1. The van der Waals surface area contributed by atoms with Gasteiger partial charge in [0.05, 0.1) is 10.7 Å². The number of pyridine rings is 1. The first-order valence-corrected chi connectivity index (χ1v) is 9.01. The fourth-order valence-corrected chi connectivity index (χ4v) is 4.57. The SMILES string of the molecule is C.Cc1cccnc1C(C)Sc1c(Cl)ccc2c1CCNCC2. The highest BCUT2D eigenvalue weighted by molar-refractivity contribution is 7.99.